The molecule has 0 atom stereocenters. The molecule has 2 rings (SSSR count). The van der Waals surface area contributed by atoms with Gasteiger partial charge in [0.05, 0.1) is 17.6 Å². The Labute approximate surface area is 111 Å². The largest absolute Gasteiger partial charge is 0.435 e. The highest BCUT2D eigenvalue weighted by molar-refractivity contribution is 9.09. The molecule has 0 spiro atoms. The summed E-state index contributed by atoms with van der Waals surface area (Å²) >= 11 is 3.32. The molecule has 1 aromatic carbocycles. The van der Waals surface area contributed by atoms with E-state index in [2.05, 4.69) is 31.0 Å². The van der Waals surface area contributed by atoms with Crippen LogP contribution in [0.4, 0.5) is 8.78 Å². The molecule has 0 radical (unpaired) electrons. The fourth-order valence-electron chi connectivity index (χ4n) is 1.42. The Morgan fingerprint density at radius 3 is 2.61 bits per heavy atom. The van der Waals surface area contributed by atoms with Crippen molar-refractivity contribution in [3.63, 3.8) is 0 Å². The molecular weight excluding hydrogens is 308 g/mol. The fraction of sp³-hybridized carbons (Fsp3) is 0.273. The molecule has 0 aliphatic rings. The van der Waals surface area contributed by atoms with Crippen LogP contribution in [-0.4, -0.2) is 26.9 Å². The second kappa shape index (κ2) is 5.90. The molecule has 0 bridgehead atoms. The van der Waals surface area contributed by atoms with Gasteiger partial charge in [0, 0.05) is 11.8 Å². The maximum Gasteiger partial charge on any atom is 0.387 e. The lowest BCUT2D eigenvalue weighted by Gasteiger charge is -2.05. The number of aryl methyl sites for hydroxylation is 1. The first kappa shape index (κ1) is 12.9. The number of nitrogens with zero attached hydrogens (tertiary/aromatic N) is 3. The van der Waals surface area contributed by atoms with Crippen molar-refractivity contribution in [3.8, 4) is 11.4 Å². The quantitative estimate of drug-likeness (QED) is 0.796. The van der Waals surface area contributed by atoms with Crippen LogP contribution in [0.25, 0.3) is 5.69 Å². The third-order valence-electron chi connectivity index (χ3n) is 2.22. The van der Waals surface area contributed by atoms with E-state index in [0.29, 0.717) is 0 Å². The predicted molar refractivity (Wildman–Crippen MR) is 65.5 cm³/mol. The van der Waals surface area contributed by atoms with Crippen LogP contribution in [0.15, 0.2) is 30.5 Å². The van der Waals surface area contributed by atoms with Crippen molar-refractivity contribution < 1.29 is 13.5 Å². The minimum atomic E-state index is -2.81. The van der Waals surface area contributed by atoms with E-state index in [1.807, 2.05) is 0 Å². The van der Waals surface area contributed by atoms with Crippen LogP contribution in [0, 0.1) is 0 Å². The van der Waals surface area contributed by atoms with Crippen LogP contribution in [0.1, 0.15) is 5.69 Å². The molecule has 0 aliphatic heterocycles. The summed E-state index contributed by atoms with van der Waals surface area (Å²) in [6, 6.07) is 6.22. The fourth-order valence-corrected chi connectivity index (χ4v) is 1.82. The lowest BCUT2D eigenvalue weighted by atomic mass is 10.3. The predicted octanol–water partition coefficient (Wildman–Crippen LogP) is 2.81. The number of hydrogen-bond donors (Lipinski definition) is 0. The van der Waals surface area contributed by atoms with E-state index in [9.17, 15) is 8.78 Å². The Balaban J connectivity index is 2.12. The molecule has 0 unspecified atom stereocenters. The summed E-state index contributed by atoms with van der Waals surface area (Å²) in [7, 11) is 0. The Bertz CT molecular complexity index is 501. The van der Waals surface area contributed by atoms with Crippen LogP contribution in [0.5, 0.6) is 5.75 Å². The average molecular weight is 318 g/mol. The zero-order valence-corrected chi connectivity index (χ0v) is 10.8. The molecule has 0 saturated heterocycles. The monoisotopic (exact) mass is 317 g/mol. The number of aromatic nitrogens is 3. The molecule has 2 aromatic rings. The third-order valence-corrected chi connectivity index (χ3v) is 2.61. The number of hydrogen-bond acceptors (Lipinski definition) is 3. The van der Waals surface area contributed by atoms with Crippen LogP contribution in [0.2, 0.25) is 0 Å². The molecule has 0 saturated carbocycles. The third kappa shape index (κ3) is 3.25. The summed E-state index contributed by atoms with van der Waals surface area (Å²) in [4.78, 5) is 0. The summed E-state index contributed by atoms with van der Waals surface area (Å²) in [5.74, 6) is 0.120. The van der Waals surface area contributed by atoms with Gasteiger partial charge in [-0.3, -0.25) is 0 Å². The van der Waals surface area contributed by atoms with E-state index in [0.717, 1.165) is 23.1 Å². The molecule has 1 aromatic heterocycles. The van der Waals surface area contributed by atoms with Gasteiger partial charge in [0.15, 0.2) is 0 Å². The Hall–Kier alpha value is -1.50. The van der Waals surface area contributed by atoms with Crippen molar-refractivity contribution in [2.45, 2.75) is 13.0 Å². The molecule has 96 valence electrons. The number of halogens is 3. The van der Waals surface area contributed by atoms with Crippen molar-refractivity contribution in [2.24, 2.45) is 0 Å². The minimum Gasteiger partial charge on any atom is -0.435 e. The van der Waals surface area contributed by atoms with Crippen molar-refractivity contribution >= 4 is 15.9 Å². The van der Waals surface area contributed by atoms with Crippen molar-refractivity contribution in [1.82, 2.24) is 15.0 Å². The van der Waals surface area contributed by atoms with Crippen molar-refractivity contribution in [2.75, 3.05) is 5.33 Å². The Morgan fingerprint density at radius 2 is 2.00 bits per heavy atom. The van der Waals surface area contributed by atoms with Crippen molar-refractivity contribution in [3.05, 3.63) is 36.2 Å². The minimum absolute atomic E-state index is 0.120. The molecule has 0 N–H and O–H groups in total. The zero-order valence-electron chi connectivity index (χ0n) is 9.26. The van der Waals surface area contributed by atoms with Gasteiger partial charge >= 0.3 is 6.61 Å². The maximum absolute atomic E-state index is 12.0. The van der Waals surface area contributed by atoms with E-state index >= 15 is 0 Å². The molecule has 0 amide bonds. The first-order valence-electron chi connectivity index (χ1n) is 5.21. The van der Waals surface area contributed by atoms with Gasteiger partial charge in [-0.2, -0.15) is 8.78 Å². The Morgan fingerprint density at radius 1 is 1.28 bits per heavy atom. The standard InChI is InChI=1S/C11H10BrF2N3O/c12-6-5-8-7-17(16-15-8)9-1-3-10(4-2-9)18-11(13)14/h1-4,7,11H,5-6H2. The summed E-state index contributed by atoms with van der Waals surface area (Å²) in [6.07, 6.45) is 2.58. The van der Waals surface area contributed by atoms with E-state index in [4.69, 9.17) is 0 Å². The molecule has 0 fully saturated rings. The molecule has 1 heterocycles. The Kier molecular flexibility index (Phi) is 4.24. The molecule has 7 heteroatoms. The summed E-state index contributed by atoms with van der Waals surface area (Å²) < 4.78 is 29.8. The molecular formula is C11H10BrF2N3O. The number of benzene rings is 1. The molecule has 0 aliphatic carbocycles. The van der Waals surface area contributed by atoms with Gasteiger partial charge in [0.2, 0.25) is 0 Å². The number of rotatable bonds is 5. The summed E-state index contributed by atoms with van der Waals surface area (Å²) in [5, 5.41) is 8.75. The molecule has 4 nitrogen and oxygen atoms in total. The van der Waals surface area contributed by atoms with E-state index < -0.39 is 6.61 Å². The van der Waals surface area contributed by atoms with Gasteiger partial charge in [0.1, 0.15) is 5.75 Å². The normalized spacial score (nSPS) is 10.9. The van der Waals surface area contributed by atoms with Crippen LogP contribution >= 0.6 is 15.9 Å². The summed E-state index contributed by atoms with van der Waals surface area (Å²) in [5.41, 5.74) is 1.60. The van der Waals surface area contributed by atoms with Gasteiger partial charge in [-0.15, -0.1) is 5.10 Å². The highest BCUT2D eigenvalue weighted by Crippen LogP contribution is 2.17. The van der Waals surface area contributed by atoms with Gasteiger partial charge < -0.3 is 4.74 Å². The van der Waals surface area contributed by atoms with E-state index in [1.165, 1.54) is 12.1 Å². The van der Waals surface area contributed by atoms with E-state index in [-0.39, 0.29) is 5.75 Å². The first-order chi connectivity index (χ1) is 8.69. The smallest absolute Gasteiger partial charge is 0.387 e. The second-order valence-electron chi connectivity index (χ2n) is 3.47. The van der Waals surface area contributed by atoms with Gasteiger partial charge in [0.25, 0.3) is 0 Å². The first-order valence-corrected chi connectivity index (χ1v) is 6.33. The number of ether oxygens (including phenoxy) is 1. The highest BCUT2D eigenvalue weighted by atomic mass is 79.9. The zero-order chi connectivity index (χ0) is 13.0. The van der Waals surface area contributed by atoms with Gasteiger partial charge in [-0.1, -0.05) is 21.1 Å². The SMILES string of the molecule is FC(F)Oc1ccc(-n2cc(CCBr)nn2)cc1. The van der Waals surface area contributed by atoms with Crippen LogP contribution in [-0.2, 0) is 6.42 Å². The average Bonchev–Trinajstić information content (AvgIpc) is 2.78. The lowest BCUT2D eigenvalue weighted by molar-refractivity contribution is -0.0498. The second-order valence-corrected chi connectivity index (χ2v) is 4.26. The van der Waals surface area contributed by atoms with Crippen LogP contribution < -0.4 is 4.74 Å². The topological polar surface area (TPSA) is 39.9 Å². The van der Waals surface area contributed by atoms with Crippen LogP contribution in [0.3, 0.4) is 0 Å². The maximum atomic E-state index is 12.0. The van der Waals surface area contributed by atoms with Gasteiger partial charge in [-0.05, 0) is 24.3 Å². The molecule has 18 heavy (non-hydrogen) atoms. The van der Waals surface area contributed by atoms with Crippen molar-refractivity contribution in [1.29, 1.82) is 0 Å². The van der Waals surface area contributed by atoms with E-state index in [1.54, 1.807) is 23.0 Å². The lowest BCUT2D eigenvalue weighted by Crippen LogP contribution is -2.02. The summed E-state index contributed by atoms with van der Waals surface area (Å²) in [6.45, 7) is -2.81. The highest BCUT2D eigenvalue weighted by Gasteiger charge is 2.05. The number of alkyl halides is 3. The van der Waals surface area contributed by atoms with Gasteiger partial charge in [-0.25, -0.2) is 4.68 Å².